The summed E-state index contributed by atoms with van der Waals surface area (Å²) >= 11 is -1.92. The third kappa shape index (κ3) is 3.69. The van der Waals surface area contributed by atoms with Crippen LogP contribution in [0.2, 0.25) is 0 Å². The van der Waals surface area contributed by atoms with Gasteiger partial charge in [0.1, 0.15) is 0 Å². The molecular formula is C16H26Cl3Ti. The van der Waals surface area contributed by atoms with E-state index in [4.69, 9.17) is 27.9 Å². The summed E-state index contributed by atoms with van der Waals surface area (Å²) in [6, 6.07) is 0. The fourth-order valence-corrected chi connectivity index (χ4v) is 3.92. The Balaban J connectivity index is 0.000000444. The van der Waals surface area contributed by atoms with Crippen molar-refractivity contribution in [3.63, 3.8) is 0 Å². The molecule has 0 saturated heterocycles. The van der Waals surface area contributed by atoms with Crippen LogP contribution in [0.4, 0.5) is 0 Å². The first-order chi connectivity index (χ1) is 9.11. The molecule has 2 aliphatic rings. The first-order valence-electron chi connectivity index (χ1n) is 7.36. The fourth-order valence-electron chi connectivity index (χ4n) is 3.92. The molecular weight excluding hydrogens is 346 g/mol. The molecule has 5 unspecified atom stereocenters. The van der Waals surface area contributed by atoms with E-state index in [1.54, 1.807) is 22.3 Å². The van der Waals surface area contributed by atoms with E-state index < -0.39 is 14.7 Å². The van der Waals surface area contributed by atoms with Crippen LogP contribution in [0.25, 0.3) is 0 Å². The van der Waals surface area contributed by atoms with Gasteiger partial charge in [0.05, 0.1) is 0 Å². The van der Waals surface area contributed by atoms with Gasteiger partial charge in [-0.3, -0.25) is 0 Å². The average molecular weight is 373 g/mol. The van der Waals surface area contributed by atoms with Crippen LogP contribution in [0.15, 0.2) is 22.3 Å². The van der Waals surface area contributed by atoms with Crippen LogP contribution in [0.5, 0.6) is 0 Å². The summed E-state index contributed by atoms with van der Waals surface area (Å²) in [4.78, 5) is 0. The van der Waals surface area contributed by atoms with Crippen LogP contribution >= 0.6 is 27.9 Å². The topological polar surface area (TPSA) is 0 Å². The van der Waals surface area contributed by atoms with Crippen molar-refractivity contribution >= 4 is 27.9 Å². The summed E-state index contributed by atoms with van der Waals surface area (Å²) in [6.45, 7) is 16.8. The second kappa shape index (κ2) is 7.56. The number of hydrogen-bond donors (Lipinski definition) is 0. The van der Waals surface area contributed by atoms with Crippen molar-refractivity contribution in [2.75, 3.05) is 0 Å². The molecule has 0 aromatic rings. The zero-order valence-electron chi connectivity index (χ0n) is 13.5. The van der Waals surface area contributed by atoms with Crippen molar-refractivity contribution in [2.24, 2.45) is 29.6 Å². The molecule has 0 aliphatic heterocycles. The second-order valence-corrected chi connectivity index (χ2v) is 14.1. The van der Waals surface area contributed by atoms with Gasteiger partial charge in [0.15, 0.2) is 0 Å². The molecule has 0 amide bonds. The standard InChI is InChI=1S/C16H26.3ClH.Ti/c1-8-9(2)12(5)16-14(7)10(3)13(6)15(16)11(8)4;;;;/h8-9,11-13H,1-7H3;3*1H;/q;;;;+3/p-3. The molecule has 0 fully saturated rings. The number of hydrogen-bond acceptors (Lipinski definition) is 0. The summed E-state index contributed by atoms with van der Waals surface area (Å²) in [5.41, 5.74) is 6.68. The van der Waals surface area contributed by atoms with Crippen molar-refractivity contribution in [1.82, 2.24) is 0 Å². The Morgan fingerprint density at radius 2 is 1.20 bits per heavy atom. The van der Waals surface area contributed by atoms with E-state index >= 15 is 0 Å². The van der Waals surface area contributed by atoms with E-state index in [-0.39, 0.29) is 0 Å². The summed E-state index contributed by atoms with van der Waals surface area (Å²) in [5.74, 6) is 3.86. The van der Waals surface area contributed by atoms with Gasteiger partial charge in [-0.15, -0.1) is 0 Å². The van der Waals surface area contributed by atoms with Crippen molar-refractivity contribution in [3.8, 4) is 0 Å². The van der Waals surface area contributed by atoms with E-state index in [1.165, 1.54) is 0 Å². The zero-order chi connectivity index (χ0) is 15.8. The Bertz CT molecular complexity index is 423. The van der Waals surface area contributed by atoms with Gasteiger partial charge in [-0.05, 0) is 54.6 Å². The number of halogens is 3. The predicted molar refractivity (Wildman–Crippen MR) is 88.8 cm³/mol. The summed E-state index contributed by atoms with van der Waals surface area (Å²) in [6.07, 6.45) is 0. The molecule has 0 spiro atoms. The molecule has 0 heterocycles. The molecule has 0 saturated carbocycles. The molecule has 0 aromatic heterocycles. The third-order valence-corrected chi connectivity index (χ3v) is 5.78. The van der Waals surface area contributed by atoms with E-state index in [0.717, 1.165) is 23.7 Å². The molecule has 0 N–H and O–H groups in total. The Hall–Kier alpha value is 1.06. The number of allylic oxidation sites excluding steroid dienone is 4. The maximum absolute atomic E-state index is 4.97. The Kier molecular flexibility index (Phi) is 7.22. The molecule has 4 heteroatoms. The van der Waals surface area contributed by atoms with Gasteiger partial charge in [0.2, 0.25) is 0 Å². The van der Waals surface area contributed by atoms with Crippen LogP contribution in [-0.2, 0) is 14.7 Å². The van der Waals surface area contributed by atoms with Crippen molar-refractivity contribution < 1.29 is 14.7 Å². The van der Waals surface area contributed by atoms with Crippen LogP contribution in [0.3, 0.4) is 0 Å². The maximum atomic E-state index is 4.97. The summed E-state index contributed by atoms with van der Waals surface area (Å²) < 4.78 is 0. The molecule has 20 heavy (non-hydrogen) atoms. The van der Waals surface area contributed by atoms with Gasteiger partial charge in [-0.25, -0.2) is 0 Å². The van der Waals surface area contributed by atoms with Gasteiger partial charge >= 0.3 is 42.6 Å². The Morgan fingerprint density at radius 1 is 0.800 bits per heavy atom. The monoisotopic (exact) mass is 371 g/mol. The molecule has 0 aromatic carbocycles. The van der Waals surface area contributed by atoms with Gasteiger partial charge in [-0.2, -0.15) is 0 Å². The van der Waals surface area contributed by atoms with Crippen molar-refractivity contribution in [2.45, 2.75) is 48.5 Å². The molecule has 0 nitrogen and oxygen atoms in total. The van der Waals surface area contributed by atoms with E-state index in [0.29, 0.717) is 5.92 Å². The SMILES string of the molecule is CC1=C(C)C(C)C2=C1C(C)C(C)C(C)C2C.[Cl][Ti]([Cl])[Cl]. The molecule has 2 aliphatic carbocycles. The van der Waals surface area contributed by atoms with Gasteiger partial charge < -0.3 is 0 Å². The molecule has 5 atom stereocenters. The first-order valence-corrected chi connectivity index (χ1v) is 13.8. The van der Waals surface area contributed by atoms with Crippen LogP contribution in [0.1, 0.15) is 48.5 Å². The van der Waals surface area contributed by atoms with E-state index in [1.807, 2.05) is 0 Å². The quantitative estimate of drug-likeness (QED) is 0.406. The van der Waals surface area contributed by atoms with Crippen LogP contribution in [-0.4, -0.2) is 0 Å². The third-order valence-electron chi connectivity index (χ3n) is 5.78. The van der Waals surface area contributed by atoms with E-state index in [2.05, 4.69) is 48.5 Å². The minimum absolute atomic E-state index is 0.697. The van der Waals surface area contributed by atoms with E-state index in [9.17, 15) is 0 Å². The predicted octanol–water partition coefficient (Wildman–Crippen LogP) is 6.89. The van der Waals surface area contributed by atoms with Gasteiger partial charge in [-0.1, -0.05) is 45.8 Å². The second-order valence-electron chi connectivity index (χ2n) is 6.41. The number of rotatable bonds is 0. The Morgan fingerprint density at radius 3 is 1.65 bits per heavy atom. The van der Waals surface area contributed by atoms with Crippen LogP contribution < -0.4 is 0 Å². The molecule has 115 valence electrons. The molecule has 2 rings (SSSR count). The van der Waals surface area contributed by atoms with Crippen molar-refractivity contribution in [1.29, 1.82) is 0 Å². The summed E-state index contributed by atoms with van der Waals surface area (Å²) in [7, 11) is 14.9. The molecule has 0 bridgehead atoms. The fraction of sp³-hybridized carbons (Fsp3) is 0.750. The summed E-state index contributed by atoms with van der Waals surface area (Å²) in [5, 5.41) is 0. The first kappa shape index (κ1) is 19.1. The molecule has 0 radical (unpaired) electrons. The van der Waals surface area contributed by atoms with Crippen LogP contribution in [0, 0.1) is 29.6 Å². The average Bonchev–Trinajstić information content (AvgIpc) is 2.58. The minimum atomic E-state index is -1.92. The normalized spacial score (nSPS) is 36.6. The van der Waals surface area contributed by atoms with Gasteiger partial charge in [0.25, 0.3) is 0 Å². The zero-order valence-corrected chi connectivity index (χ0v) is 17.3. The van der Waals surface area contributed by atoms with Crippen molar-refractivity contribution in [3.05, 3.63) is 22.3 Å². The Labute approximate surface area is 142 Å². The van der Waals surface area contributed by atoms with Gasteiger partial charge in [0, 0.05) is 0 Å².